The van der Waals surface area contributed by atoms with Gasteiger partial charge in [-0.1, -0.05) is 57.4 Å². The normalized spacial score (nSPS) is 16.2. The smallest absolute Gasteiger partial charge is 0.185 e. The Morgan fingerprint density at radius 3 is 2.41 bits per heavy atom. The molecule has 0 bridgehead atoms. The number of thiazole rings is 1. The third-order valence-corrected chi connectivity index (χ3v) is 5.72. The lowest BCUT2D eigenvalue weighted by molar-refractivity contribution is 0.427. The van der Waals surface area contributed by atoms with Gasteiger partial charge in [-0.25, -0.2) is 4.98 Å². The van der Waals surface area contributed by atoms with Gasteiger partial charge in [0.2, 0.25) is 0 Å². The lowest BCUT2D eigenvalue weighted by Gasteiger charge is -2.30. The van der Waals surface area contributed by atoms with Gasteiger partial charge in [-0.15, -0.1) is 11.3 Å². The molecule has 118 valence electrons. The molecule has 3 heteroatoms. The molecule has 3 rings (SSSR count). The molecule has 2 nitrogen and oxygen atoms in total. The van der Waals surface area contributed by atoms with Crippen LogP contribution in [0.25, 0.3) is 11.3 Å². The molecule has 0 spiro atoms. The van der Waals surface area contributed by atoms with Crippen LogP contribution in [0.1, 0.15) is 57.4 Å². The minimum atomic E-state index is 0.581. The molecule has 2 aromatic rings. The summed E-state index contributed by atoms with van der Waals surface area (Å²) in [7, 11) is 2.21. The second-order valence-corrected chi connectivity index (χ2v) is 7.53. The molecule has 0 aliphatic heterocycles. The summed E-state index contributed by atoms with van der Waals surface area (Å²) in [5.41, 5.74) is 3.72. The first kappa shape index (κ1) is 15.5. The number of benzene rings is 1. The Bertz CT molecular complexity index is 594. The lowest BCUT2D eigenvalue weighted by atomic mass is 9.95. The first-order valence-electron chi connectivity index (χ1n) is 8.44. The van der Waals surface area contributed by atoms with Gasteiger partial charge in [0.05, 0.1) is 5.69 Å². The van der Waals surface area contributed by atoms with E-state index in [1.54, 1.807) is 11.3 Å². The molecule has 1 heterocycles. The largest absolute Gasteiger partial charge is 0.348 e. The Morgan fingerprint density at radius 2 is 1.77 bits per heavy atom. The van der Waals surface area contributed by atoms with Crippen molar-refractivity contribution < 1.29 is 0 Å². The number of rotatable bonds is 4. The van der Waals surface area contributed by atoms with Gasteiger partial charge in [-0.3, -0.25) is 0 Å². The van der Waals surface area contributed by atoms with Gasteiger partial charge in [-0.2, -0.15) is 0 Å². The van der Waals surface area contributed by atoms with E-state index in [1.165, 1.54) is 43.2 Å². The van der Waals surface area contributed by atoms with E-state index >= 15 is 0 Å². The van der Waals surface area contributed by atoms with E-state index in [1.807, 2.05) is 0 Å². The first-order valence-corrected chi connectivity index (χ1v) is 9.32. The van der Waals surface area contributed by atoms with Crippen molar-refractivity contribution in [1.29, 1.82) is 0 Å². The predicted molar refractivity (Wildman–Crippen MR) is 96.9 cm³/mol. The van der Waals surface area contributed by atoms with Crippen molar-refractivity contribution >= 4 is 16.5 Å². The number of nitrogens with zero attached hydrogens (tertiary/aromatic N) is 2. The van der Waals surface area contributed by atoms with Crippen LogP contribution in [0.5, 0.6) is 0 Å². The Balaban J connectivity index is 1.75. The number of hydrogen-bond donors (Lipinski definition) is 0. The molecule has 0 N–H and O–H groups in total. The lowest BCUT2D eigenvalue weighted by Crippen LogP contribution is -2.33. The van der Waals surface area contributed by atoms with Crippen molar-refractivity contribution in [2.75, 3.05) is 11.9 Å². The summed E-state index contributed by atoms with van der Waals surface area (Å²) in [6.45, 7) is 4.46. The van der Waals surface area contributed by atoms with Crippen LogP contribution in [0.15, 0.2) is 29.6 Å². The fourth-order valence-electron chi connectivity index (χ4n) is 3.22. The molecule has 1 aromatic carbocycles. The molecule has 0 saturated heterocycles. The monoisotopic (exact) mass is 314 g/mol. The van der Waals surface area contributed by atoms with Gasteiger partial charge in [0.25, 0.3) is 0 Å². The Labute approximate surface area is 138 Å². The zero-order chi connectivity index (χ0) is 15.5. The van der Waals surface area contributed by atoms with Crippen LogP contribution >= 0.6 is 11.3 Å². The van der Waals surface area contributed by atoms with Crippen LogP contribution in [0, 0.1) is 0 Å². The number of anilines is 1. The number of hydrogen-bond acceptors (Lipinski definition) is 3. The van der Waals surface area contributed by atoms with Crippen LogP contribution in [0.3, 0.4) is 0 Å². The van der Waals surface area contributed by atoms with E-state index in [2.05, 4.69) is 55.4 Å². The minimum absolute atomic E-state index is 0.581. The van der Waals surface area contributed by atoms with E-state index in [0.717, 1.165) is 10.8 Å². The molecule has 0 amide bonds. The van der Waals surface area contributed by atoms with Gasteiger partial charge in [0.1, 0.15) is 0 Å². The third kappa shape index (κ3) is 3.35. The zero-order valence-electron chi connectivity index (χ0n) is 13.9. The van der Waals surface area contributed by atoms with Gasteiger partial charge < -0.3 is 4.90 Å². The Kier molecular flexibility index (Phi) is 4.82. The summed E-state index contributed by atoms with van der Waals surface area (Å²) in [4.78, 5) is 7.27. The minimum Gasteiger partial charge on any atom is -0.348 e. The summed E-state index contributed by atoms with van der Waals surface area (Å²) in [6.07, 6.45) is 6.76. The summed E-state index contributed by atoms with van der Waals surface area (Å²) in [5.74, 6) is 0.581. The molecule has 0 radical (unpaired) electrons. The Hall–Kier alpha value is -1.35. The fourth-order valence-corrected chi connectivity index (χ4v) is 4.09. The maximum atomic E-state index is 4.87. The first-order chi connectivity index (χ1) is 10.6. The zero-order valence-corrected chi connectivity index (χ0v) is 14.7. The highest BCUT2D eigenvalue weighted by atomic mass is 32.1. The molecule has 1 saturated carbocycles. The maximum Gasteiger partial charge on any atom is 0.185 e. The third-order valence-electron chi connectivity index (χ3n) is 4.79. The summed E-state index contributed by atoms with van der Waals surface area (Å²) in [6, 6.07) is 9.54. The molecule has 1 aromatic heterocycles. The van der Waals surface area contributed by atoms with E-state index in [-0.39, 0.29) is 0 Å². The van der Waals surface area contributed by atoms with Crippen molar-refractivity contribution in [3.63, 3.8) is 0 Å². The molecule has 0 atom stereocenters. The molecule has 1 aliphatic carbocycles. The van der Waals surface area contributed by atoms with Crippen LogP contribution in [0.4, 0.5) is 5.13 Å². The average Bonchev–Trinajstić information content (AvgIpc) is 3.05. The van der Waals surface area contributed by atoms with Gasteiger partial charge in [0.15, 0.2) is 5.13 Å². The molecular formula is C19H26N2S. The van der Waals surface area contributed by atoms with E-state index in [4.69, 9.17) is 4.98 Å². The highest BCUT2D eigenvalue weighted by Crippen LogP contribution is 2.31. The van der Waals surface area contributed by atoms with E-state index in [9.17, 15) is 0 Å². The second-order valence-electron chi connectivity index (χ2n) is 6.69. The summed E-state index contributed by atoms with van der Waals surface area (Å²) in [5, 5.41) is 3.36. The molecule has 0 unspecified atom stereocenters. The van der Waals surface area contributed by atoms with Crippen LogP contribution in [0.2, 0.25) is 0 Å². The number of aromatic nitrogens is 1. The molecular weight excluding hydrogens is 288 g/mol. The molecule has 1 aliphatic rings. The van der Waals surface area contributed by atoms with Crippen LogP contribution in [-0.2, 0) is 0 Å². The van der Waals surface area contributed by atoms with E-state index < -0.39 is 0 Å². The highest BCUT2D eigenvalue weighted by Gasteiger charge is 2.20. The van der Waals surface area contributed by atoms with Crippen LogP contribution < -0.4 is 4.90 Å². The Morgan fingerprint density at radius 1 is 1.09 bits per heavy atom. The summed E-state index contributed by atoms with van der Waals surface area (Å²) >= 11 is 1.77. The van der Waals surface area contributed by atoms with Gasteiger partial charge >= 0.3 is 0 Å². The van der Waals surface area contributed by atoms with Gasteiger partial charge in [-0.05, 0) is 24.3 Å². The maximum absolute atomic E-state index is 4.87. The van der Waals surface area contributed by atoms with E-state index in [0.29, 0.717) is 12.0 Å². The predicted octanol–water partition coefficient (Wildman–Crippen LogP) is 5.70. The van der Waals surface area contributed by atoms with Crippen molar-refractivity contribution in [1.82, 2.24) is 4.98 Å². The molecule has 22 heavy (non-hydrogen) atoms. The van der Waals surface area contributed by atoms with Crippen molar-refractivity contribution in [3.8, 4) is 11.3 Å². The van der Waals surface area contributed by atoms with Crippen molar-refractivity contribution in [2.45, 2.75) is 57.9 Å². The summed E-state index contributed by atoms with van der Waals surface area (Å²) < 4.78 is 0. The van der Waals surface area contributed by atoms with Crippen molar-refractivity contribution in [2.24, 2.45) is 0 Å². The topological polar surface area (TPSA) is 16.1 Å². The SMILES string of the molecule is CC(C)c1ccc(-c2csc(N(C)C3CCCCC3)n2)cc1. The average molecular weight is 314 g/mol. The van der Waals surface area contributed by atoms with Crippen molar-refractivity contribution in [3.05, 3.63) is 35.2 Å². The standard InChI is InChI=1S/C19H26N2S/c1-14(2)15-9-11-16(12-10-15)18-13-22-19(20-18)21(3)17-7-5-4-6-8-17/h9-14,17H,4-8H2,1-3H3. The molecule has 1 fully saturated rings. The highest BCUT2D eigenvalue weighted by molar-refractivity contribution is 7.14. The fraction of sp³-hybridized carbons (Fsp3) is 0.526. The van der Waals surface area contributed by atoms with Crippen LogP contribution in [-0.4, -0.2) is 18.1 Å². The second kappa shape index (κ2) is 6.82. The van der Waals surface area contributed by atoms with Gasteiger partial charge in [0, 0.05) is 24.0 Å². The quantitative estimate of drug-likeness (QED) is 0.719.